The summed E-state index contributed by atoms with van der Waals surface area (Å²) < 4.78 is 7.21. The van der Waals surface area contributed by atoms with Crippen LogP contribution in [0.1, 0.15) is 23.0 Å². The number of aromatic nitrogens is 4. The first-order chi connectivity index (χ1) is 14.8. The predicted molar refractivity (Wildman–Crippen MR) is 115 cm³/mol. The highest BCUT2D eigenvalue weighted by Gasteiger charge is 2.35. The standard InChI is InChI=1S/C23H28N6O/c1-3-13-27-14-16-28(17-15-27)22(20-7-5-4-6-8-20)23-24-25-26-29(23)18-19-9-11-21(30-2)12-10-19/h3-12,22H,1,13-18H2,2H3/p+2/t22-/m0/s1. The SMILES string of the molecule is C=CC[NH+]1CC[NH+]([C@@H](c2ccccc2)c2nnnn2Cc2ccc(OC)cc2)CC1. The smallest absolute Gasteiger partial charge is 0.214 e. The van der Waals surface area contributed by atoms with Crippen LogP contribution in [-0.4, -0.2) is 60.0 Å². The van der Waals surface area contributed by atoms with E-state index in [2.05, 4.69) is 64.6 Å². The molecule has 1 aromatic heterocycles. The van der Waals surface area contributed by atoms with Gasteiger partial charge in [0, 0.05) is 5.56 Å². The summed E-state index contributed by atoms with van der Waals surface area (Å²) >= 11 is 0. The van der Waals surface area contributed by atoms with E-state index in [1.165, 1.54) is 10.5 Å². The number of rotatable bonds is 8. The van der Waals surface area contributed by atoms with E-state index in [9.17, 15) is 0 Å². The maximum absolute atomic E-state index is 5.27. The molecule has 4 rings (SSSR count). The van der Waals surface area contributed by atoms with Crippen molar-refractivity contribution in [3.8, 4) is 5.75 Å². The fraction of sp³-hybridized carbons (Fsp3) is 0.348. The minimum atomic E-state index is 0.115. The molecule has 0 spiro atoms. The molecule has 1 fully saturated rings. The molecule has 2 heterocycles. The highest BCUT2D eigenvalue weighted by Crippen LogP contribution is 2.18. The molecule has 2 aromatic carbocycles. The van der Waals surface area contributed by atoms with Crippen LogP contribution >= 0.6 is 0 Å². The van der Waals surface area contributed by atoms with E-state index in [0.29, 0.717) is 6.54 Å². The zero-order chi connectivity index (χ0) is 20.8. The van der Waals surface area contributed by atoms with Crippen LogP contribution in [-0.2, 0) is 6.54 Å². The lowest BCUT2D eigenvalue weighted by Gasteiger charge is -2.33. The lowest BCUT2D eigenvalue weighted by atomic mass is 10.0. The number of hydrogen-bond acceptors (Lipinski definition) is 4. The van der Waals surface area contributed by atoms with Gasteiger partial charge in [0.25, 0.3) is 0 Å². The van der Waals surface area contributed by atoms with Crippen molar-refractivity contribution in [3.63, 3.8) is 0 Å². The highest BCUT2D eigenvalue weighted by atomic mass is 16.5. The van der Waals surface area contributed by atoms with E-state index in [1.807, 2.05) is 22.9 Å². The van der Waals surface area contributed by atoms with E-state index >= 15 is 0 Å². The first-order valence-corrected chi connectivity index (χ1v) is 10.5. The minimum Gasteiger partial charge on any atom is -0.497 e. The van der Waals surface area contributed by atoms with Gasteiger partial charge >= 0.3 is 0 Å². The zero-order valence-corrected chi connectivity index (χ0v) is 17.5. The highest BCUT2D eigenvalue weighted by molar-refractivity contribution is 5.28. The van der Waals surface area contributed by atoms with Crippen LogP contribution in [0.3, 0.4) is 0 Å². The average Bonchev–Trinajstić information content (AvgIpc) is 3.24. The molecule has 30 heavy (non-hydrogen) atoms. The Labute approximate surface area is 177 Å². The molecular weight excluding hydrogens is 376 g/mol. The summed E-state index contributed by atoms with van der Waals surface area (Å²) in [6.07, 6.45) is 2.02. The van der Waals surface area contributed by atoms with Gasteiger partial charge in [0.05, 0.1) is 20.2 Å². The number of piperazine rings is 1. The van der Waals surface area contributed by atoms with Crippen molar-refractivity contribution in [1.82, 2.24) is 20.2 Å². The third-order valence-electron chi connectivity index (χ3n) is 5.88. The second-order valence-corrected chi connectivity index (χ2v) is 7.79. The van der Waals surface area contributed by atoms with E-state index in [0.717, 1.165) is 49.9 Å². The minimum absolute atomic E-state index is 0.115. The number of methoxy groups -OCH3 is 1. The van der Waals surface area contributed by atoms with Gasteiger partial charge in [-0.2, -0.15) is 0 Å². The summed E-state index contributed by atoms with van der Waals surface area (Å²) in [6, 6.07) is 18.8. The lowest BCUT2D eigenvalue weighted by Crippen LogP contribution is -3.28. The average molecular weight is 407 g/mol. The molecule has 1 atom stereocenters. The first kappa shape index (κ1) is 20.3. The number of tetrazole rings is 1. The molecule has 0 aliphatic carbocycles. The second-order valence-electron chi connectivity index (χ2n) is 7.79. The Hall–Kier alpha value is -3.03. The van der Waals surface area contributed by atoms with Gasteiger partial charge in [-0.05, 0) is 34.2 Å². The summed E-state index contributed by atoms with van der Waals surface area (Å²) in [4.78, 5) is 3.11. The molecule has 0 unspecified atom stereocenters. The van der Waals surface area contributed by atoms with E-state index in [4.69, 9.17) is 4.74 Å². The Bertz CT molecular complexity index is 932. The Morgan fingerprint density at radius 2 is 1.80 bits per heavy atom. The normalized spacial score (nSPS) is 19.9. The largest absolute Gasteiger partial charge is 0.497 e. The number of ether oxygens (including phenoxy) is 1. The molecular formula is C23H30N6O+2. The maximum atomic E-state index is 5.27. The van der Waals surface area contributed by atoms with E-state index in [-0.39, 0.29) is 6.04 Å². The van der Waals surface area contributed by atoms with Crippen molar-refractivity contribution in [2.45, 2.75) is 12.6 Å². The third kappa shape index (κ3) is 4.58. The summed E-state index contributed by atoms with van der Waals surface area (Å²) in [5.74, 6) is 1.77. The summed E-state index contributed by atoms with van der Waals surface area (Å²) in [6.45, 7) is 9.98. The fourth-order valence-electron chi connectivity index (χ4n) is 4.27. The molecule has 0 saturated carbocycles. The quantitative estimate of drug-likeness (QED) is 0.508. The van der Waals surface area contributed by atoms with Crippen molar-refractivity contribution in [2.75, 3.05) is 39.8 Å². The number of quaternary nitrogens is 2. The molecule has 1 aliphatic heterocycles. The van der Waals surface area contributed by atoms with Gasteiger partial charge in [0.2, 0.25) is 5.82 Å². The third-order valence-corrected chi connectivity index (χ3v) is 5.88. The van der Waals surface area contributed by atoms with Gasteiger partial charge < -0.3 is 14.5 Å². The molecule has 7 heteroatoms. The Morgan fingerprint density at radius 3 is 2.47 bits per heavy atom. The van der Waals surface area contributed by atoms with Crippen LogP contribution in [0.4, 0.5) is 0 Å². The molecule has 156 valence electrons. The molecule has 0 bridgehead atoms. The van der Waals surface area contributed by atoms with Crippen molar-refractivity contribution in [1.29, 1.82) is 0 Å². The molecule has 1 aliphatic rings. The van der Waals surface area contributed by atoms with Crippen LogP contribution in [0.25, 0.3) is 0 Å². The molecule has 3 aromatic rings. The van der Waals surface area contributed by atoms with Crippen LogP contribution in [0.5, 0.6) is 5.75 Å². The number of nitrogens with one attached hydrogen (secondary N) is 2. The second kappa shape index (κ2) is 9.65. The lowest BCUT2D eigenvalue weighted by molar-refractivity contribution is -1.02. The zero-order valence-electron chi connectivity index (χ0n) is 17.5. The van der Waals surface area contributed by atoms with Crippen LogP contribution < -0.4 is 14.5 Å². The van der Waals surface area contributed by atoms with Crippen LogP contribution in [0, 0.1) is 0 Å². The molecule has 0 amide bonds. The molecule has 0 radical (unpaired) electrons. The van der Waals surface area contributed by atoms with Crippen molar-refractivity contribution < 1.29 is 14.5 Å². The first-order valence-electron chi connectivity index (χ1n) is 10.5. The summed E-state index contributed by atoms with van der Waals surface area (Å²) in [7, 11) is 1.68. The van der Waals surface area contributed by atoms with Crippen molar-refractivity contribution >= 4 is 0 Å². The molecule has 7 nitrogen and oxygen atoms in total. The summed E-state index contributed by atoms with van der Waals surface area (Å²) in [5, 5.41) is 12.9. The van der Waals surface area contributed by atoms with Gasteiger partial charge in [-0.25, -0.2) is 4.68 Å². The Morgan fingerprint density at radius 1 is 1.07 bits per heavy atom. The van der Waals surface area contributed by atoms with Gasteiger partial charge in [0.1, 0.15) is 31.9 Å². The number of hydrogen-bond donors (Lipinski definition) is 2. The number of nitrogens with zero attached hydrogens (tertiary/aromatic N) is 4. The Balaban J connectivity index is 1.60. The number of benzene rings is 2. The maximum Gasteiger partial charge on any atom is 0.214 e. The molecule has 1 saturated heterocycles. The van der Waals surface area contributed by atoms with E-state index in [1.54, 1.807) is 12.0 Å². The predicted octanol–water partition coefficient (Wildman–Crippen LogP) is -0.211. The van der Waals surface area contributed by atoms with Gasteiger partial charge in [0.15, 0.2) is 6.04 Å². The topological polar surface area (TPSA) is 61.7 Å². The van der Waals surface area contributed by atoms with E-state index < -0.39 is 0 Å². The monoisotopic (exact) mass is 406 g/mol. The van der Waals surface area contributed by atoms with Gasteiger partial charge in [-0.1, -0.05) is 49.0 Å². The van der Waals surface area contributed by atoms with Crippen LogP contribution in [0.15, 0.2) is 67.3 Å². The van der Waals surface area contributed by atoms with Gasteiger partial charge in [-0.3, -0.25) is 0 Å². The summed E-state index contributed by atoms with van der Waals surface area (Å²) in [5.41, 5.74) is 2.40. The van der Waals surface area contributed by atoms with Crippen molar-refractivity contribution in [3.05, 3.63) is 84.2 Å². The van der Waals surface area contributed by atoms with Crippen LogP contribution in [0.2, 0.25) is 0 Å². The fourth-order valence-corrected chi connectivity index (χ4v) is 4.27. The Kier molecular flexibility index (Phi) is 6.51. The van der Waals surface area contributed by atoms with Crippen molar-refractivity contribution in [2.24, 2.45) is 0 Å². The van der Waals surface area contributed by atoms with Gasteiger partial charge in [-0.15, -0.1) is 5.10 Å². The molecule has 2 N–H and O–H groups in total.